The van der Waals surface area contributed by atoms with Gasteiger partial charge < -0.3 is 33.5 Å². The Morgan fingerprint density at radius 1 is 0.864 bits per heavy atom. The predicted molar refractivity (Wildman–Crippen MR) is 162 cm³/mol. The molecule has 0 amide bonds. The molecule has 0 saturated carbocycles. The number of halogens is 4. The normalized spacial score (nSPS) is 24.0. The molecule has 0 unspecified atom stereocenters. The Labute approximate surface area is 263 Å². The van der Waals surface area contributed by atoms with Gasteiger partial charge in [-0.3, -0.25) is 0 Å². The molecule has 0 spiro atoms. The highest BCUT2D eigenvalue weighted by molar-refractivity contribution is 6.31. The van der Waals surface area contributed by atoms with Crippen LogP contribution in [0, 0.1) is 0 Å². The number of hydrogen-bond acceptors (Lipinski definition) is 7. The first-order valence-corrected chi connectivity index (χ1v) is 15.8. The van der Waals surface area contributed by atoms with Crippen molar-refractivity contribution in [1.82, 2.24) is 0 Å². The van der Waals surface area contributed by atoms with E-state index in [4.69, 9.17) is 35.3 Å². The summed E-state index contributed by atoms with van der Waals surface area (Å²) < 4.78 is 74.0. The van der Waals surface area contributed by atoms with Crippen LogP contribution in [0.2, 0.25) is 5.02 Å². The minimum Gasteiger partial charge on any atom is -0.406 e. The third-order valence-corrected chi connectivity index (χ3v) is 7.95. The van der Waals surface area contributed by atoms with Gasteiger partial charge in [0.2, 0.25) is 5.79 Å². The first kappa shape index (κ1) is 36.5. The average Bonchev–Trinajstić information content (AvgIpc) is 2.99. The van der Waals surface area contributed by atoms with E-state index in [1.165, 1.54) is 19.2 Å². The molecule has 0 bridgehead atoms. The van der Waals surface area contributed by atoms with Crippen molar-refractivity contribution < 1.29 is 46.7 Å². The molecule has 44 heavy (non-hydrogen) atoms. The molecule has 5 atom stereocenters. The molecule has 1 saturated heterocycles. The molecule has 11 heteroatoms. The quantitative estimate of drug-likeness (QED) is 0.167. The van der Waals surface area contributed by atoms with Crippen molar-refractivity contribution in [2.24, 2.45) is 0 Å². The molecule has 1 heterocycles. The third kappa shape index (κ3) is 9.79. The van der Waals surface area contributed by atoms with Gasteiger partial charge in [0.05, 0.1) is 6.61 Å². The van der Waals surface area contributed by atoms with Crippen LogP contribution in [0.25, 0.3) is 0 Å². The van der Waals surface area contributed by atoms with Crippen molar-refractivity contribution in [3.8, 4) is 5.75 Å². The Morgan fingerprint density at radius 2 is 1.45 bits per heavy atom. The van der Waals surface area contributed by atoms with Gasteiger partial charge in [-0.05, 0) is 61.1 Å². The molecule has 248 valence electrons. The summed E-state index contributed by atoms with van der Waals surface area (Å²) in [5, 5.41) is 11.0. The fourth-order valence-electron chi connectivity index (χ4n) is 5.24. The van der Waals surface area contributed by atoms with Crippen molar-refractivity contribution in [2.75, 3.05) is 33.5 Å². The van der Waals surface area contributed by atoms with Gasteiger partial charge in [-0.25, -0.2) is 0 Å². The number of aliphatic hydroxyl groups excluding tert-OH is 1. The Kier molecular flexibility index (Phi) is 14.7. The number of unbranched alkanes of at least 4 members (excludes halogenated alkanes) is 3. The summed E-state index contributed by atoms with van der Waals surface area (Å²) in [6.07, 6.45) is -1.88. The second-order valence-corrected chi connectivity index (χ2v) is 11.3. The topological polar surface area (TPSA) is 75.6 Å². The van der Waals surface area contributed by atoms with Crippen LogP contribution in [-0.4, -0.2) is 69.4 Å². The first-order valence-electron chi connectivity index (χ1n) is 15.4. The van der Waals surface area contributed by atoms with Crippen LogP contribution in [0.5, 0.6) is 5.75 Å². The van der Waals surface area contributed by atoms with Crippen LogP contribution in [-0.2, 0) is 35.9 Å². The largest absolute Gasteiger partial charge is 0.573 e. The zero-order valence-corrected chi connectivity index (χ0v) is 26.8. The Balaban J connectivity index is 2.03. The van der Waals surface area contributed by atoms with Gasteiger partial charge in [0.1, 0.15) is 30.2 Å². The molecule has 2 aromatic carbocycles. The highest BCUT2D eigenvalue weighted by Gasteiger charge is 2.58. The molecule has 1 fully saturated rings. The summed E-state index contributed by atoms with van der Waals surface area (Å²) in [5.41, 5.74) is 2.03. The van der Waals surface area contributed by atoms with E-state index < -0.39 is 36.6 Å². The second kappa shape index (κ2) is 17.7. The summed E-state index contributed by atoms with van der Waals surface area (Å²) in [4.78, 5) is 0. The molecule has 2 aromatic rings. The monoisotopic (exact) mass is 646 g/mol. The lowest BCUT2D eigenvalue weighted by atomic mass is 9.86. The van der Waals surface area contributed by atoms with Crippen LogP contribution < -0.4 is 4.74 Å². The molecule has 1 N–H and O–H groups in total. The van der Waals surface area contributed by atoms with Crippen molar-refractivity contribution in [2.45, 2.75) is 102 Å². The number of benzene rings is 2. The summed E-state index contributed by atoms with van der Waals surface area (Å²) in [5.74, 6) is -1.78. The molecule has 1 aliphatic rings. The predicted octanol–water partition coefficient (Wildman–Crippen LogP) is 7.58. The van der Waals surface area contributed by atoms with Gasteiger partial charge in [-0.15, -0.1) is 13.2 Å². The fourth-order valence-corrected chi connectivity index (χ4v) is 5.43. The maximum absolute atomic E-state index is 12.6. The van der Waals surface area contributed by atoms with E-state index in [1.807, 2.05) is 6.07 Å². The number of methoxy groups -OCH3 is 1. The van der Waals surface area contributed by atoms with Crippen molar-refractivity contribution in [3.63, 3.8) is 0 Å². The smallest absolute Gasteiger partial charge is 0.406 e. The fraction of sp³-hybridized carbons (Fsp3) is 0.636. The Bertz CT molecular complexity index is 1120. The lowest BCUT2D eigenvalue weighted by molar-refractivity contribution is -0.381. The minimum absolute atomic E-state index is 0.304. The highest BCUT2D eigenvalue weighted by Crippen LogP contribution is 2.44. The molecule has 0 aliphatic carbocycles. The number of alkyl halides is 3. The van der Waals surface area contributed by atoms with E-state index in [9.17, 15) is 18.3 Å². The van der Waals surface area contributed by atoms with Gasteiger partial charge >= 0.3 is 6.36 Å². The van der Waals surface area contributed by atoms with Crippen molar-refractivity contribution in [1.29, 1.82) is 0 Å². The van der Waals surface area contributed by atoms with Crippen LogP contribution >= 0.6 is 11.6 Å². The summed E-state index contributed by atoms with van der Waals surface area (Å²) in [6, 6.07) is 11.0. The van der Waals surface area contributed by atoms with Gasteiger partial charge in [-0.1, -0.05) is 69.8 Å². The average molecular weight is 647 g/mol. The number of aliphatic hydroxyl groups is 1. The van der Waals surface area contributed by atoms with Gasteiger partial charge in [-0.2, -0.15) is 0 Å². The van der Waals surface area contributed by atoms with Crippen molar-refractivity contribution in [3.05, 3.63) is 64.2 Å². The highest BCUT2D eigenvalue weighted by atomic mass is 35.5. The van der Waals surface area contributed by atoms with Crippen molar-refractivity contribution >= 4 is 11.6 Å². The van der Waals surface area contributed by atoms with E-state index >= 15 is 0 Å². The maximum atomic E-state index is 12.6. The van der Waals surface area contributed by atoms with Crippen LogP contribution in [0.3, 0.4) is 0 Å². The molecule has 7 nitrogen and oxygen atoms in total. The van der Waals surface area contributed by atoms with Gasteiger partial charge in [0.25, 0.3) is 0 Å². The zero-order chi connectivity index (χ0) is 32.2. The van der Waals surface area contributed by atoms with Crippen LogP contribution in [0.1, 0.15) is 76.0 Å². The van der Waals surface area contributed by atoms with Gasteiger partial charge in [0.15, 0.2) is 0 Å². The summed E-state index contributed by atoms with van der Waals surface area (Å²) in [7, 11) is 1.53. The number of rotatable bonds is 18. The Morgan fingerprint density at radius 3 is 2.00 bits per heavy atom. The molecule has 0 radical (unpaired) electrons. The number of hydrogen-bond donors (Lipinski definition) is 1. The van der Waals surface area contributed by atoms with E-state index in [1.54, 1.807) is 24.3 Å². The first-order chi connectivity index (χ1) is 21.1. The van der Waals surface area contributed by atoms with Crippen LogP contribution in [0.15, 0.2) is 42.5 Å². The molecule has 0 aromatic heterocycles. The zero-order valence-electron chi connectivity index (χ0n) is 26.0. The van der Waals surface area contributed by atoms with E-state index in [-0.39, 0.29) is 12.4 Å². The molecule has 1 aliphatic heterocycles. The van der Waals surface area contributed by atoms with Gasteiger partial charge in [0, 0.05) is 37.5 Å². The second-order valence-electron chi connectivity index (χ2n) is 10.9. The number of ether oxygens (including phenoxy) is 6. The summed E-state index contributed by atoms with van der Waals surface area (Å²) in [6.45, 7) is 7.29. The molecule has 3 rings (SSSR count). The lowest BCUT2D eigenvalue weighted by Gasteiger charge is -2.52. The minimum atomic E-state index is -4.77. The molecular formula is C33H46ClF3O7. The summed E-state index contributed by atoms with van der Waals surface area (Å²) >= 11 is 6.62. The van der Waals surface area contributed by atoms with E-state index in [0.717, 1.165) is 44.1 Å². The maximum Gasteiger partial charge on any atom is 0.573 e. The lowest BCUT2D eigenvalue weighted by Crippen LogP contribution is -2.66. The standard InChI is InChI=1S/C33H46ClF3O7/c1-5-8-17-40-29-28(22-38)44-32(39-4,31(42-19-10-7-3)30(29)41-18-9-6-2)25-13-16-27(34)24(21-25)20-23-11-14-26(15-12-23)43-33(35,36)37/h11-16,21,28-31,38H,5-10,17-20,22H2,1-4H3/t28-,29-,30+,31-,32+/m1/s1. The Hall–Kier alpha value is -1.92. The SMILES string of the molecule is CCCCO[C@H]1[C@H](OCCCC)[C@@H](CO)O[C@@](OC)(c2ccc(Cl)c(Cc3ccc(OC(F)(F)F)cc3)c2)[C@@H]1OCCCC. The van der Waals surface area contributed by atoms with Crippen LogP contribution in [0.4, 0.5) is 13.2 Å². The third-order valence-electron chi connectivity index (χ3n) is 7.58. The van der Waals surface area contributed by atoms with E-state index in [0.29, 0.717) is 42.4 Å². The van der Waals surface area contributed by atoms with E-state index in [2.05, 4.69) is 25.5 Å². The molecular weight excluding hydrogens is 601 g/mol.